The zero-order chi connectivity index (χ0) is 7.90. The average Bonchev–Trinajstić information content (AvgIpc) is 2.53. The van der Waals surface area contributed by atoms with Gasteiger partial charge in [0.2, 0.25) is 0 Å². The van der Waals surface area contributed by atoms with Gasteiger partial charge in [0.25, 0.3) is 0 Å². The molecule has 0 radical (unpaired) electrons. The van der Waals surface area contributed by atoms with Crippen molar-refractivity contribution in [3.8, 4) is 0 Å². The molecule has 12 heavy (non-hydrogen) atoms. The fourth-order valence-corrected chi connectivity index (χ4v) is 1.87. The molecule has 0 spiro atoms. The molecule has 0 aliphatic carbocycles. The van der Waals surface area contributed by atoms with Crippen molar-refractivity contribution < 1.29 is 14.6 Å². The lowest BCUT2D eigenvalue weighted by atomic mass is 9.89. The zero-order valence-electron chi connectivity index (χ0n) is 6.58. The van der Waals surface area contributed by atoms with Crippen molar-refractivity contribution in [3.63, 3.8) is 0 Å². The van der Waals surface area contributed by atoms with Crippen LogP contribution in [0.1, 0.15) is 6.42 Å². The second kappa shape index (κ2) is 3.20. The van der Waals surface area contributed by atoms with E-state index in [2.05, 4.69) is 5.32 Å². The minimum Gasteiger partial charge on any atom is -0.463 e. The summed E-state index contributed by atoms with van der Waals surface area (Å²) in [6.07, 6.45) is 0.791. The first kappa shape index (κ1) is 9.77. The summed E-state index contributed by atoms with van der Waals surface area (Å²) in [5.41, 5.74) is -0.447. The van der Waals surface area contributed by atoms with Gasteiger partial charge in [0.15, 0.2) is 0 Å². The van der Waals surface area contributed by atoms with Gasteiger partial charge in [0, 0.05) is 0 Å². The third kappa shape index (κ3) is 1.11. The molecule has 2 N–H and O–H groups in total. The third-order valence-electron chi connectivity index (χ3n) is 2.62. The van der Waals surface area contributed by atoms with Crippen LogP contribution in [0.25, 0.3) is 0 Å². The number of esters is 1. The largest absolute Gasteiger partial charge is 0.463 e. The van der Waals surface area contributed by atoms with E-state index in [9.17, 15) is 4.79 Å². The molecule has 2 fully saturated rings. The molecule has 0 aromatic carbocycles. The second-order valence-corrected chi connectivity index (χ2v) is 3.19. The Labute approximate surface area is 76.7 Å². The van der Waals surface area contributed by atoms with Crippen LogP contribution in [-0.2, 0) is 9.53 Å². The minimum absolute atomic E-state index is 0. The Hall–Kier alpha value is -0.320. The number of cyclic esters (lactones) is 1. The highest BCUT2D eigenvalue weighted by molar-refractivity contribution is 5.85. The van der Waals surface area contributed by atoms with Gasteiger partial charge in [-0.25, -0.2) is 0 Å². The lowest BCUT2D eigenvalue weighted by Crippen LogP contribution is -2.48. The summed E-state index contributed by atoms with van der Waals surface area (Å²) in [7, 11) is 0. The van der Waals surface area contributed by atoms with E-state index in [4.69, 9.17) is 9.84 Å². The first-order chi connectivity index (χ1) is 5.28. The minimum atomic E-state index is -0.447. The van der Waals surface area contributed by atoms with Crippen molar-refractivity contribution in [2.24, 2.45) is 5.92 Å². The summed E-state index contributed by atoms with van der Waals surface area (Å²) in [6, 6.07) is 0. The van der Waals surface area contributed by atoms with Gasteiger partial charge in [0.05, 0.1) is 18.1 Å². The number of carbonyl (C=O) groups excluding carboxylic acids is 1. The molecule has 0 bridgehead atoms. The Kier molecular flexibility index (Phi) is 2.61. The fourth-order valence-electron chi connectivity index (χ4n) is 1.87. The number of aliphatic hydroxyl groups excluding tert-OH is 1. The molecular formula is C7H12ClNO3. The quantitative estimate of drug-likeness (QED) is 0.541. The van der Waals surface area contributed by atoms with Crippen LogP contribution >= 0.6 is 12.4 Å². The highest BCUT2D eigenvalue weighted by Gasteiger charge is 2.52. The second-order valence-electron chi connectivity index (χ2n) is 3.19. The molecule has 0 amide bonds. The fraction of sp³-hybridized carbons (Fsp3) is 0.857. The molecule has 2 rings (SSSR count). The molecule has 4 nitrogen and oxygen atoms in total. The number of halogens is 1. The molecule has 70 valence electrons. The average molecular weight is 194 g/mol. The van der Waals surface area contributed by atoms with E-state index in [1.165, 1.54) is 0 Å². The predicted octanol–water partition coefficient (Wildman–Crippen LogP) is -0.694. The van der Waals surface area contributed by atoms with Crippen molar-refractivity contribution in [1.29, 1.82) is 0 Å². The van der Waals surface area contributed by atoms with Gasteiger partial charge in [-0.05, 0) is 13.0 Å². The van der Waals surface area contributed by atoms with Crippen molar-refractivity contribution in [1.82, 2.24) is 5.32 Å². The van der Waals surface area contributed by atoms with Gasteiger partial charge in [-0.1, -0.05) is 0 Å². The standard InChI is InChI=1S/C7H11NO3.ClH/c9-3-7-4-11-6(10)5(7)1-2-8-7;/h5,8-9H,1-4H2;1H/t5-,7+;/m1./s1. The van der Waals surface area contributed by atoms with Gasteiger partial charge in [-0.15, -0.1) is 12.4 Å². The molecule has 0 saturated carbocycles. The Bertz CT molecular complexity index is 199. The third-order valence-corrected chi connectivity index (χ3v) is 2.62. The van der Waals surface area contributed by atoms with E-state index in [0.717, 1.165) is 13.0 Å². The molecule has 2 saturated heterocycles. The summed E-state index contributed by atoms with van der Waals surface area (Å²) in [4.78, 5) is 11.0. The van der Waals surface area contributed by atoms with E-state index >= 15 is 0 Å². The van der Waals surface area contributed by atoms with Gasteiger partial charge >= 0.3 is 5.97 Å². The Morgan fingerprint density at radius 1 is 1.75 bits per heavy atom. The van der Waals surface area contributed by atoms with Crippen LogP contribution in [0.3, 0.4) is 0 Å². The Balaban J connectivity index is 0.000000720. The van der Waals surface area contributed by atoms with Crippen LogP contribution in [0.5, 0.6) is 0 Å². The number of nitrogens with one attached hydrogen (secondary N) is 1. The molecule has 0 unspecified atom stereocenters. The number of fused-ring (bicyclic) bond motifs is 1. The Morgan fingerprint density at radius 2 is 2.50 bits per heavy atom. The maximum atomic E-state index is 11.0. The number of hydrogen-bond acceptors (Lipinski definition) is 4. The lowest BCUT2D eigenvalue weighted by Gasteiger charge is -2.22. The smallest absolute Gasteiger partial charge is 0.311 e. The van der Waals surface area contributed by atoms with Crippen LogP contribution < -0.4 is 5.32 Å². The van der Waals surface area contributed by atoms with Crippen LogP contribution in [0, 0.1) is 5.92 Å². The number of rotatable bonds is 1. The maximum absolute atomic E-state index is 11.0. The predicted molar refractivity (Wildman–Crippen MR) is 44.1 cm³/mol. The molecule has 2 aliphatic heterocycles. The Morgan fingerprint density at radius 3 is 3.08 bits per heavy atom. The lowest BCUT2D eigenvalue weighted by molar-refractivity contribution is -0.141. The number of aliphatic hydroxyl groups is 1. The number of carbonyl (C=O) groups is 1. The molecule has 5 heteroatoms. The van der Waals surface area contributed by atoms with Crippen LogP contribution in [0.4, 0.5) is 0 Å². The van der Waals surface area contributed by atoms with Gasteiger partial charge in [0.1, 0.15) is 6.61 Å². The number of ether oxygens (including phenoxy) is 1. The van der Waals surface area contributed by atoms with Gasteiger partial charge < -0.3 is 15.2 Å². The van der Waals surface area contributed by atoms with Crippen LogP contribution in [0.15, 0.2) is 0 Å². The van der Waals surface area contributed by atoms with Crippen molar-refractivity contribution >= 4 is 18.4 Å². The van der Waals surface area contributed by atoms with Crippen molar-refractivity contribution in [2.75, 3.05) is 19.8 Å². The van der Waals surface area contributed by atoms with Crippen molar-refractivity contribution in [3.05, 3.63) is 0 Å². The molecule has 2 heterocycles. The summed E-state index contributed by atoms with van der Waals surface area (Å²) in [6.45, 7) is 1.12. The summed E-state index contributed by atoms with van der Waals surface area (Å²) in [5, 5.41) is 12.2. The van der Waals surface area contributed by atoms with E-state index in [0.29, 0.717) is 6.61 Å². The van der Waals surface area contributed by atoms with E-state index in [1.807, 2.05) is 0 Å². The SMILES string of the molecule is Cl.O=C1OC[C@]2(CO)NCC[C@H]12. The monoisotopic (exact) mass is 193 g/mol. The van der Waals surface area contributed by atoms with Crippen molar-refractivity contribution in [2.45, 2.75) is 12.0 Å². The molecule has 2 aliphatic rings. The van der Waals surface area contributed by atoms with E-state index in [1.54, 1.807) is 0 Å². The summed E-state index contributed by atoms with van der Waals surface area (Å²) in [5.74, 6) is -0.281. The van der Waals surface area contributed by atoms with Gasteiger partial charge in [-0.2, -0.15) is 0 Å². The highest BCUT2D eigenvalue weighted by Crippen LogP contribution is 2.33. The maximum Gasteiger partial charge on any atom is 0.311 e. The van der Waals surface area contributed by atoms with Gasteiger partial charge in [-0.3, -0.25) is 4.79 Å². The summed E-state index contributed by atoms with van der Waals surface area (Å²) < 4.78 is 4.85. The van der Waals surface area contributed by atoms with E-state index in [-0.39, 0.29) is 30.9 Å². The number of hydrogen-bond donors (Lipinski definition) is 2. The highest BCUT2D eigenvalue weighted by atomic mass is 35.5. The topological polar surface area (TPSA) is 58.6 Å². The van der Waals surface area contributed by atoms with Crippen LogP contribution in [0.2, 0.25) is 0 Å². The molecule has 2 atom stereocenters. The summed E-state index contributed by atoms with van der Waals surface area (Å²) >= 11 is 0. The first-order valence-electron chi connectivity index (χ1n) is 3.81. The molecular weight excluding hydrogens is 182 g/mol. The molecule has 0 aromatic heterocycles. The zero-order valence-corrected chi connectivity index (χ0v) is 7.39. The normalized spacial score (nSPS) is 38.8. The van der Waals surface area contributed by atoms with Crippen LogP contribution in [-0.4, -0.2) is 36.4 Å². The molecule has 0 aromatic rings. The van der Waals surface area contributed by atoms with E-state index < -0.39 is 5.54 Å². The first-order valence-corrected chi connectivity index (χ1v) is 3.81.